The summed E-state index contributed by atoms with van der Waals surface area (Å²) in [6.07, 6.45) is 0. The standard InChI is InChI=1S/C15H15BrN2O3/c1-10-3-4-11(7-14(10)18(19)20)9-17-12-5-6-15(21-2)13(16)8-12/h3-8,17H,9H2,1-2H3. The monoisotopic (exact) mass is 350 g/mol. The molecule has 0 amide bonds. The Morgan fingerprint density at radius 2 is 2.05 bits per heavy atom. The van der Waals surface area contributed by atoms with E-state index >= 15 is 0 Å². The predicted octanol–water partition coefficient (Wildman–Crippen LogP) is 4.29. The van der Waals surface area contributed by atoms with Gasteiger partial charge in [0.05, 0.1) is 16.5 Å². The van der Waals surface area contributed by atoms with Crippen LogP contribution in [0.1, 0.15) is 11.1 Å². The third kappa shape index (κ3) is 3.72. The van der Waals surface area contributed by atoms with Crippen molar-refractivity contribution in [2.24, 2.45) is 0 Å². The fraction of sp³-hybridized carbons (Fsp3) is 0.200. The lowest BCUT2D eigenvalue weighted by atomic mass is 10.1. The number of nitrogens with zero attached hydrogens (tertiary/aromatic N) is 1. The van der Waals surface area contributed by atoms with Crippen molar-refractivity contribution in [2.45, 2.75) is 13.5 Å². The van der Waals surface area contributed by atoms with Crippen molar-refractivity contribution in [2.75, 3.05) is 12.4 Å². The molecule has 5 nitrogen and oxygen atoms in total. The van der Waals surface area contributed by atoms with E-state index in [0.717, 1.165) is 21.5 Å². The molecule has 1 N–H and O–H groups in total. The normalized spacial score (nSPS) is 10.2. The molecule has 0 unspecified atom stereocenters. The number of aryl methyl sites for hydroxylation is 1. The molecule has 2 rings (SSSR count). The summed E-state index contributed by atoms with van der Waals surface area (Å²) in [5.74, 6) is 0.756. The second-order valence-electron chi connectivity index (χ2n) is 4.58. The third-order valence-corrected chi connectivity index (χ3v) is 3.74. The Morgan fingerprint density at radius 1 is 1.29 bits per heavy atom. The molecule has 0 heterocycles. The van der Waals surface area contributed by atoms with E-state index < -0.39 is 0 Å². The molecule has 6 heteroatoms. The van der Waals surface area contributed by atoms with E-state index in [1.807, 2.05) is 24.3 Å². The molecule has 110 valence electrons. The molecular formula is C15H15BrN2O3. The Kier molecular flexibility index (Phi) is 4.80. The summed E-state index contributed by atoms with van der Waals surface area (Å²) in [5.41, 5.74) is 2.58. The van der Waals surface area contributed by atoms with Gasteiger partial charge < -0.3 is 10.1 Å². The molecule has 0 aliphatic rings. The SMILES string of the molecule is COc1ccc(NCc2ccc(C)c([N+](=O)[O-])c2)cc1Br. The minimum atomic E-state index is -0.358. The van der Waals surface area contributed by atoms with E-state index in [2.05, 4.69) is 21.2 Å². The maximum absolute atomic E-state index is 10.9. The number of methoxy groups -OCH3 is 1. The van der Waals surface area contributed by atoms with Gasteiger partial charge in [0, 0.05) is 23.9 Å². The minimum absolute atomic E-state index is 0.144. The lowest BCUT2D eigenvalue weighted by Crippen LogP contribution is -2.01. The molecule has 2 aromatic carbocycles. The molecule has 0 spiro atoms. The van der Waals surface area contributed by atoms with E-state index in [-0.39, 0.29) is 10.6 Å². The van der Waals surface area contributed by atoms with Crippen molar-refractivity contribution >= 4 is 27.3 Å². The molecule has 2 aromatic rings. The van der Waals surface area contributed by atoms with E-state index in [0.29, 0.717) is 12.1 Å². The number of nitro groups is 1. The zero-order valence-corrected chi connectivity index (χ0v) is 13.3. The largest absolute Gasteiger partial charge is 0.496 e. The number of nitrogens with one attached hydrogen (secondary N) is 1. The second kappa shape index (κ2) is 6.58. The second-order valence-corrected chi connectivity index (χ2v) is 5.44. The van der Waals surface area contributed by atoms with Crippen LogP contribution >= 0.6 is 15.9 Å². The molecule has 21 heavy (non-hydrogen) atoms. The first-order chi connectivity index (χ1) is 10.0. The van der Waals surface area contributed by atoms with Crippen molar-refractivity contribution in [3.05, 3.63) is 62.1 Å². The van der Waals surface area contributed by atoms with Gasteiger partial charge in [0.1, 0.15) is 5.75 Å². The first-order valence-electron chi connectivity index (χ1n) is 6.32. The van der Waals surface area contributed by atoms with Crippen LogP contribution in [0, 0.1) is 17.0 Å². The van der Waals surface area contributed by atoms with Gasteiger partial charge in [-0.05, 0) is 46.6 Å². The van der Waals surface area contributed by atoms with Gasteiger partial charge in [-0.25, -0.2) is 0 Å². The lowest BCUT2D eigenvalue weighted by molar-refractivity contribution is -0.385. The molecule has 0 fully saturated rings. The summed E-state index contributed by atoms with van der Waals surface area (Å²) in [5, 5.41) is 14.2. The van der Waals surface area contributed by atoms with Gasteiger partial charge in [-0.2, -0.15) is 0 Å². The maximum atomic E-state index is 10.9. The first kappa shape index (κ1) is 15.3. The number of anilines is 1. The number of ether oxygens (including phenoxy) is 1. The van der Waals surface area contributed by atoms with Crippen molar-refractivity contribution in [3.63, 3.8) is 0 Å². The molecule has 0 bridgehead atoms. The summed E-state index contributed by atoms with van der Waals surface area (Å²) < 4.78 is 6.02. The number of hydrogen-bond acceptors (Lipinski definition) is 4. The van der Waals surface area contributed by atoms with Gasteiger partial charge >= 0.3 is 0 Å². The molecule has 0 atom stereocenters. The highest BCUT2D eigenvalue weighted by molar-refractivity contribution is 9.10. The van der Waals surface area contributed by atoms with Gasteiger partial charge in [0.2, 0.25) is 0 Å². The molecule has 0 saturated carbocycles. The molecule has 0 saturated heterocycles. The summed E-state index contributed by atoms with van der Waals surface area (Å²) in [6.45, 7) is 2.25. The number of hydrogen-bond donors (Lipinski definition) is 1. The van der Waals surface area contributed by atoms with Crippen molar-refractivity contribution < 1.29 is 9.66 Å². The highest BCUT2D eigenvalue weighted by atomic mass is 79.9. The lowest BCUT2D eigenvalue weighted by Gasteiger charge is -2.09. The average Bonchev–Trinajstić information content (AvgIpc) is 2.46. The average molecular weight is 351 g/mol. The van der Waals surface area contributed by atoms with Crippen molar-refractivity contribution in [1.29, 1.82) is 0 Å². The highest BCUT2D eigenvalue weighted by Crippen LogP contribution is 2.28. The fourth-order valence-electron chi connectivity index (χ4n) is 1.94. The Balaban J connectivity index is 2.11. The smallest absolute Gasteiger partial charge is 0.272 e. The zero-order valence-electron chi connectivity index (χ0n) is 11.7. The predicted molar refractivity (Wildman–Crippen MR) is 85.9 cm³/mol. The van der Waals surface area contributed by atoms with Gasteiger partial charge in [-0.15, -0.1) is 0 Å². The van der Waals surface area contributed by atoms with Crippen LogP contribution in [0.25, 0.3) is 0 Å². The third-order valence-electron chi connectivity index (χ3n) is 3.12. The number of benzene rings is 2. The van der Waals surface area contributed by atoms with Crippen molar-refractivity contribution in [3.8, 4) is 5.75 Å². The number of nitro benzene ring substituents is 1. The van der Waals surface area contributed by atoms with E-state index in [1.165, 1.54) is 0 Å². The molecule has 0 aliphatic carbocycles. The molecule has 0 aliphatic heterocycles. The van der Waals surface area contributed by atoms with Gasteiger partial charge in [-0.3, -0.25) is 10.1 Å². The van der Waals surface area contributed by atoms with Crippen LogP contribution in [-0.2, 0) is 6.54 Å². The van der Waals surface area contributed by atoms with Gasteiger partial charge in [0.25, 0.3) is 5.69 Å². The topological polar surface area (TPSA) is 64.4 Å². The van der Waals surface area contributed by atoms with Crippen LogP contribution in [0.3, 0.4) is 0 Å². The Labute approximate surface area is 131 Å². The van der Waals surface area contributed by atoms with Crippen molar-refractivity contribution in [1.82, 2.24) is 0 Å². The molecule has 0 radical (unpaired) electrons. The summed E-state index contributed by atoms with van der Waals surface area (Å²) in [6, 6.07) is 10.9. The van der Waals surface area contributed by atoms with Crippen LogP contribution in [0.5, 0.6) is 5.75 Å². The van der Waals surface area contributed by atoms with E-state index in [1.54, 1.807) is 26.2 Å². The number of rotatable bonds is 5. The fourth-order valence-corrected chi connectivity index (χ4v) is 2.48. The Bertz CT molecular complexity index is 674. The summed E-state index contributed by atoms with van der Waals surface area (Å²) in [4.78, 5) is 10.6. The van der Waals surface area contributed by atoms with Crippen LogP contribution in [-0.4, -0.2) is 12.0 Å². The first-order valence-corrected chi connectivity index (χ1v) is 7.12. The van der Waals surface area contributed by atoms with Crippen LogP contribution in [0.15, 0.2) is 40.9 Å². The van der Waals surface area contributed by atoms with E-state index in [4.69, 9.17) is 4.74 Å². The van der Waals surface area contributed by atoms with E-state index in [9.17, 15) is 10.1 Å². The minimum Gasteiger partial charge on any atom is -0.496 e. The van der Waals surface area contributed by atoms with Crippen LogP contribution in [0.2, 0.25) is 0 Å². The van der Waals surface area contributed by atoms with Crippen LogP contribution < -0.4 is 10.1 Å². The summed E-state index contributed by atoms with van der Waals surface area (Å²) in [7, 11) is 1.61. The Hall–Kier alpha value is -2.08. The van der Waals surface area contributed by atoms with Gasteiger partial charge in [0.15, 0.2) is 0 Å². The summed E-state index contributed by atoms with van der Waals surface area (Å²) >= 11 is 3.42. The highest BCUT2D eigenvalue weighted by Gasteiger charge is 2.10. The quantitative estimate of drug-likeness (QED) is 0.645. The molecular weight excluding hydrogens is 336 g/mol. The maximum Gasteiger partial charge on any atom is 0.272 e. The Morgan fingerprint density at radius 3 is 2.67 bits per heavy atom. The van der Waals surface area contributed by atoms with Gasteiger partial charge in [-0.1, -0.05) is 12.1 Å². The van der Waals surface area contributed by atoms with Crippen LogP contribution in [0.4, 0.5) is 11.4 Å². The zero-order chi connectivity index (χ0) is 15.4. The number of halogens is 1. The molecule has 0 aromatic heterocycles.